The summed E-state index contributed by atoms with van der Waals surface area (Å²) in [5.41, 5.74) is 4.19. The fourth-order valence-electron chi connectivity index (χ4n) is 3.51. The lowest BCUT2D eigenvalue weighted by Crippen LogP contribution is -2.24. The number of rotatable bonds is 9. The average Bonchev–Trinajstić information content (AvgIpc) is 2.91. The van der Waals surface area contributed by atoms with E-state index < -0.39 is 10.8 Å². The number of nitrogens with zero attached hydrogens (tertiary/aromatic N) is 4. The number of nitro benzene ring substituents is 1. The fourth-order valence-corrected chi connectivity index (χ4v) is 4.32. The number of amides is 1. The van der Waals surface area contributed by atoms with Crippen LogP contribution in [0.25, 0.3) is 16.6 Å². The predicted molar refractivity (Wildman–Crippen MR) is 143 cm³/mol. The zero-order chi connectivity index (χ0) is 26.4. The highest BCUT2D eigenvalue weighted by Crippen LogP contribution is 2.23. The lowest BCUT2D eigenvalue weighted by atomic mass is 10.1. The van der Waals surface area contributed by atoms with Crippen molar-refractivity contribution in [3.8, 4) is 11.4 Å². The third-order valence-electron chi connectivity index (χ3n) is 5.31. The molecule has 0 radical (unpaired) electrons. The SMILES string of the molecule is CCOc1ccc(-n2c(SCC(=O)NN=C(C)c3cccc([N+](=O)[O-])c3)nc3ccccc3c2=O)cc1. The number of nitrogens with one attached hydrogen (secondary N) is 1. The van der Waals surface area contributed by atoms with Crippen LogP contribution < -0.4 is 15.7 Å². The van der Waals surface area contributed by atoms with Crippen molar-refractivity contribution < 1.29 is 14.5 Å². The van der Waals surface area contributed by atoms with Crippen LogP contribution in [0.5, 0.6) is 5.75 Å². The Hall–Kier alpha value is -4.51. The highest BCUT2D eigenvalue weighted by molar-refractivity contribution is 7.99. The van der Waals surface area contributed by atoms with Gasteiger partial charge < -0.3 is 4.74 Å². The predicted octanol–water partition coefficient (Wildman–Crippen LogP) is 4.33. The first-order valence-electron chi connectivity index (χ1n) is 11.3. The van der Waals surface area contributed by atoms with Crippen molar-refractivity contribution in [2.45, 2.75) is 19.0 Å². The van der Waals surface area contributed by atoms with Gasteiger partial charge >= 0.3 is 0 Å². The average molecular weight is 518 g/mol. The van der Waals surface area contributed by atoms with Gasteiger partial charge in [0.05, 0.1) is 39.6 Å². The molecule has 37 heavy (non-hydrogen) atoms. The van der Waals surface area contributed by atoms with Crippen LogP contribution >= 0.6 is 11.8 Å². The van der Waals surface area contributed by atoms with E-state index in [0.29, 0.717) is 45.4 Å². The van der Waals surface area contributed by atoms with Crippen molar-refractivity contribution in [3.05, 3.63) is 98.8 Å². The number of ether oxygens (including phenoxy) is 1. The van der Waals surface area contributed by atoms with Gasteiger partial charge in [-0.3, -0.25) is 24.3 Å². The number of carbonyl (C=O) groups excluding carboxylic acids is 1. The minimum atomic E-state index is -0.494. The number of thioether (sulfide) groups is 1. The van der Waals surface area contributed by atoms with E-state index in [9.17, 15) is 19.7 Å². The van der Waals surface area contributed by atoms with Gasteiger partial charge in [-0.05, 0) is 50.2 Å². The Balaban J connectivity index is 1.56. The second-order valence-corrected chi connectivity index (χ2v) is 8.75. The molecule has 1 amide bonds. The van der Waals surface area contributed by atoms with Crippen molar-refractivity contribution in [2.24, 2.45) is 5.10 Å². The molecule has 1 heterocycles. The molecule has 188 valence electrons. The molecule has 0 aliphatic carbocycles. The van der Waals surface area contributed by atoms with Crippen molar-refractivity contribution in [1.82, 2.24) is 15.0 Å². The maximum atomic E-state index is 13.4. The van der Waals surface area contributed by atoms with Gasteiger partial charge in [-0.2, -0.15) is 5.10 Å². The molecular weight excluding hydrogens is 494 g/mol. The quantitative estimate of drug-likeness (QED) is 0.115. The van der Waals surface area contributed by atoms with Crippen LogP contribution in [0, 0.1) is 10.1 Å². The van der Waals surface area contributed by atoms with E-state index >= 15 is 0 Å². The lowest BCUT2D eigenvalue weighted by Gasteiger charge is -2.13. The number of benzene rings is 3. The molecule has 0 spiro atoms. The van der Waals surface area contributed by atoms with Crippen molar-refractivity contribution >= 4 is 40.0 Å². The largest absolute Gasteiger partial charge is 0.494 e. The number of non-ortho nitro benzene ring substituents is 1. The highest BCUT2D eigenvalue weighted by Gasteiger charge is 2.15. The number of hydrogen-bond acceptors (Lipinski definition) is 8. The topological polar surface area (TPSA) is 129 Å². The van der Waals surface area contributed by atoms with Crippen LogP contribution in [0.2, 0.25) is 0 Å². The summed E-state index contributed by atoms with van der Waals surface area (Å²) in [5.74, 6) is 0.196. The first-order valence-corrected chi connectivity index (χ1v) is 12.3. The number of carbonyl (C=O) groups is 1. The summed E-state index contributed by atoms with van der Waals surface area (Å²) in [7, 11) is 0. The Labute approximate surface area is 216 Å². The normalized spacial score (nSPS) is 11.4. The van der Waals surface area contributed by atoms with Gasteiger partial charge in [0, 0.05) is 17.7 Å². The summed E-state index contributed by atoms with van der Waals surface area (Å²) in [4.78, 5) is 41.1. The maximum absolute atomic E-state index is 13.4. The zero-order valence-electron chi connectivity index (χ0n) is 20.1. The molecule has 1 N–H and O–H groups in total. The van der Waals surface area contributed by atoms with Crippen molar-refractivity contribution in [3.63, 3.8) is 0 Å². The Morgan fingerprint density at radius 2 is 1.89 bits per heavy atom. The molecule has 1 aromatic heterocycles. The molecule has 0 aliphatic heterocycles. The second-order valence-electron chi connectivity index (χ2n) is 7.81. The molecule has 0 aliphatic rings. The number of para-hydroxylation sites is 1. The number of hydrogen-bond donors (Lipinski definition) is 1. The first kappa shape index (κ1) is 25.6. The van der Waals surface area contributed by atoms with Gasteiger partial charge in [0.2, 0.25) is 0 Å². The summed E-state index contributed by atoms with van der Waals surface area (Å²) < 4.78 is 6.96. The van der Waals surface area contributed by atoms with E-state index in [1.807, 2.05) is 6.92 Å². The number of aromatic nitrogens is 2. The Morgan fingerprint density at radius 3 is 2.62 bits per heavy atom. The second kappa shape index (κ2) is 11.5. The third-order valence-corrected chi connectivity index (χ3v) is 6.24. The molecule has 3 aromatic carbocycles. The van der Waals surface area contributed by atoms with E-state index in [4.69, 9.17) is 4.74 Å². The van der Waals surface area contributed by atoms with Gasteiger partial charge in [-0.1, -0.05) is 36.0 Å². The molecule has 0 fully saturated rings. The lowest BCUT2D eigenvalue weighted by molar-refractivity contribution is -0.384. The van der Waals surface area contributed by atoms with Gasteiger partial charge in [0.15, 0.2) is 5.16 Å². The van der Waals surface area contributed by atoms with E-state index in [1.54, 1.807) is 67.6 Å². The van der Waals surface area contributed by atoms with Gasteiger partial charge in [-0.25, -0.2) is 10.4 Å². The number of fused-ring (bicyclic) bond motifs is 1. The molecule has 0 unspecified atom stereocenters. The highest BCUT2D eigenvalue weighted by atomic mass is 32.2. The molecule has 0 bridgehead atoms. The van der Waals surface area contributed by atoms with Crippen molar-refractivity contribution in [2.75, 3.05) is 12.4 Å². The number of nitro groups is 1. The van der Waals surface area contributed by atoms with E-state index in [1.165, 1.54) is 16.7 Å². The molecule has 0 saturated carbocycles. The molecule has 11 heteroatoms. The minimum Gasteiger partial charge on any atom is -0.494 e. The summed E-state index contributed by atoms with van der Waals surface area (Å²) in [6.45, 7) is 4.05. The maximum Gasteiger partial charge on any atom is 0.270 e. The Kier molecular flexibility index (Phi) is 7.94. The third kappa shape index (κ3) is 6.01. The van der Waals surface area contributed by atoms with Gasteiger partial charge in [-0.15, -0.1) is 0 Å². The fraction of sp³-hybridized carbons (Fsp3) is 0.154. The molecule has 0 atom stereocenters. The van der Waals surface area contributed by atoms with Gasteiger partial charge in [0.1, 0.15) is 5.75 Å². The summed E-state index contributed by atoms with van der Waals surface area (Å²) in [6, 6.07) is 20.1. The van der Waals surface area contributed by atoms with Crippen molar-refractivity contribution in [1.29, 1.82) is 0 Å². The molecule has 10 nitrogen and oxygen atoms in total. The smallest absolute Gasteiger partial charge is 0.270 e. The van der Waals surface area contributed by atoms with Gasteiger partial charge in [0.25, 0.3) is 17.2 Å². The van der Waals surface area contributed by atoms with E-state index in [2.05, 4.69) is 15.5 Å². The van der Waals surface area contributed by atoms with Crippen LogP contribution in [0.4, 0.5) is 5.69 Å². The first-order chi connectivity index (χ1) is 17.9. The molecular formula is C26H23N5O5S. The van der Waals surface area contributed by atoms with Crippen LogP contribution in [0.1, 0.15) is 19.4 Å². The van der Waals surface area contributed by atoms with Crippen LogP contribution in [-0.4, -0.2) is 38.5 Å². The molecule has 4 rings (SSSR count). The minimum absolute atomic E-state index is 0.0620. The molecule has 4 aromatic rings. The van der Waals surface area contributed by atoms with Crippen LogP contribution in [0.15, 0.2) is 87.8 Å². The Bertz CT molecular complexity index is 1550. The van der Waals surface area contributed by atoms with E-state index in [0.717, 1.165) is 11.8 Å². The zero-order valence-corrected chi connectivity index (χ0v) is 20.9. The summed E-state index contributed by atoms with van der Waals surface area (Å²) in [5, 5.41) is 15.9. The number of hydrazone groups is 1. The standard InChI is InChI=1S/C26H23N5O5S/c1-3-36-21-13-11-19(12-14-21)30-25(33)22-9-4-5-10-23(22)27-26(30)37-16-24(32)29-28-17(2)18-7-6-8-20(15-18)31(34)35/h4-15H,3,16H2,1-2H3,(H,29,32). The monoisotopic (exact) mass is 517 g/mol. The summed E-state index contributed by atoms with van der Waals surface area (Å²) >= 11 is 1.10. The van der Waals surface area contributed by atoms with Crippen LogP contribution in [-0.2, 0) is 4.79 Å². The Morgan fingerprint density at radius 1 is 1.14 bits per heavy atom. The molecule has 0 saturated heterocycles. The summed E-state index contributed by atoms with van der Waals surface area (Å²) in [6.07, 6.45) is 0. The van der Waals surface area contributed by atoms with E-state index in [-0.39, 0.29) is 17.0 Å². The van der Waals surface area contributed by atoms with Crippen LogP contribution in [0.3, 0.4) is 0 Å².